The van der Waals surface area contributed by atoms with Crippen LogP contribution in [0, 0.1) is 6.92 Å². The van der Waals surface area contributed by atoms with E-state index in [1.54, 1.807) is 38.1 Å². The van der Waals surface area contributed by atoms with Crippen LogP contribution in [0.25, 0.3) is 5.69 Å². The standard InChI is InChI=1S/C21H18F3N3O3/c1-3-15(25-14-9-6-8-13(11-14)21(22,23)24)17-18(28)26-20(30)27(19(17)29)16-10-5-4-7-12(16)2/h4-11,29H,3H2,1-2H3,(H,26,28,30). The molecule has 0 unspecified atom stereocenters. The van der Waals surface area contributed by atoms with E-state index in [2.05, 4.69) is 9.98 Å². The Bertz CT molecular complexity index is 1240. The molecule has 3 aromatic rings. The van der Waals surface area contributed by atoms with Gasteiger partial charge in [0.25, 0.3) is 5.56 Å². The van der Waals surface area contributed by atoms with Gasteiger partial charge >= 0.3 is 11.9 Å². The van der Waals surface area contributed by atoms with Crippen LogP contribution >= 0.6 is 0 Å². The molecule has 0 bridgehead atoms. The molecule has 0 aliphatic heterocycles. The fourth-order valence-corrected chi connectivity index (χ4v) is 3.04. The van der Waals surface area contributed by atoms with Crippen molar-refractivity contribution in [2.24, 2.45) is 4.99 Å². The minimum atomic E-state index is -4.55. The number of benzene rings is 2. The van der Waals surface area contributed by atoms with Crippen LogP contribution in [0.2, 0.25) is 0 Å². The number of nitrogens with zero attached hydrogens (tertiary/aromatic N) is 2. The highest BCUT2D eigenvalue weighted by atomic mass is 19.4. The van der Waals surface area contributed by atoms with Crippen LogP contribution in [0.3, 0.4) is 0 Å². The molecule has 2 N–H and O–H groups in total. The third-order valence-electron chi connectivity index (χ3n) is 4.50. The Morgan fingerprint density at radius 2 is 1.83 bits per heavy atom. The summed E-state index contributed by atoms with van der Waals surface area (Å²) in [5, 5.41) is 10.8. The summed E-state index contributed by atoms with van der Waals surface area (Å²) >= 11 is 0. The van der Waals surface area contributed by atoms with E-state index in [1.165, 1.54) is 12.1 Å². The van der Waals surface area contributed by atoms with Gasteiger partial charge in [-0.15, -0.1) is 0 Å². The summed E-state index contributed by atoms with van der Waals surface area (Å²) in [6.07, 6.45) is -4.42. The quantitative estimate of drug-likeness (QED) is 0.627. The number of nitrogens with one attached hydrogen (secondary N) is 1. The predicted molar refractivity (Wildman–Crippen MR) is 107 cm³/mol. The van der Waals surface area contributed by atoms with Crippen LogP contribution in [0.1, 0.15) is 30.0 Å². The average molecular weight is 417 g/mol. The normalized spacial score (nSPS) is 12.2. The zero-order valence-electron chi connectivity index (χ0n) is 16.1. The van der Waals surface area contributed by atoms with E-state index in [-0.39, 0.29) is 23.4 Å². The second kappa shape index (κ2) is 8.02. The fourth-order valence-electron chi connectivity index (χ4n) is 3.04. The highest BCUT2D eigenvalue weighted by Crippen LogP contribution is 2.32. The number of alkyl halides is 3. The number of aryl methyl sites for hydroxylation is 1. The van der Waals surface area contributed by atoms with Gasteiger partial charge in [0.05, 0.1) is 22.6 Å². The fraction of sp³-hybridized carbons (Fsp3) is 0.190. The lowest BCUT2D eigenvalue weighted by Gasteiger charge is -2.14. The molecular weight excluding hydrogens is 399 g/mol. The third kappa shape index (κ3) is 4.05. The molecule has 156 valence electrons. The summed E-state index contributed by atoms with van der Waals surface area (Å²) in [4.78, 5) is 31.1. The van der Waals surface area contributed by atoms with Crippen molar-refractivity contribution in [3.63, 3.8) is 0 Å². The number of rotatable bonds is 4. The van der Waals surface area contributed by atoms with E-state index in [4.69, 9.17) is 0 Å². The summed E-state index contributed by atoms with van der Waals surface area (Å²) in [5.41, 5.74) is -1.86. The van der Waals surface area contributed by atoms with Gasteiger partial charge in [0, 0.05) is 0 Å². The molecule has 0 aliphatic rings. The lowest BCUT2D eigenvalue weighted by molar-refractivity contribution is -0.137. The van der Waals surface area contributed by atoms with Crippen molar-refractivity contribution in [2.45, 2.75) is 26.4 Å². The van der Waals surface area contributed by atoms with Crippen molar-refractivity contribution in [2.75, 3.05) is 0 Å². The number of hydrogen-bond donors (Lipinski definition) is 2. The Balaban J connectivity index is 2.23. The first-order valence-corrected chi connectivity index (χ1v) is 9.03. The Kier molecular flexibility index (Phi) is 5.64. The third-order valence-corrected chi connectivity index (χ3v) is 4.50. The van der Waals surface area contributed by atoms with Gasteiger partial charge in [-0.05, 0) is 43.2 Å². The van der Waals surface area contributed by atoms with Crippen molar-refractivity contribution in [3.8, 4) is 11.6 Å². The molecule has 0 amide bonds. The van der Waals surface area contributed by atoms with Crippen LogP contribution in [0.4, 0.5) is 18.9 Å². The monoisotopic (exact) mass is 417 g/mol. The van der Waals surface area contributed by atoms with Crippen LogP contribution in [-0.4, -0.2) is 20.4 Å². The molecule has 6 nitrogen and oxygen atoms in total. The van der Waals surface area contributed by atoms with Gasteiger partial charge in [0.2, 0.25) is 5.88 Å². The van der Waals surface area contributed by atoms with Crippen LogP contribution in [0.5, 0.6) is 5.88 Å². The number of aromatic amines is 1. The Morgan fingerprint density at radius 1 is 1.13 bits per heavy atom. The second-order valence-electron chi connectivity index (χ2n) is 6.54. The zero-order chi connectivity index (χ0) is 22.1. The van der Waals surface area contributed by atoms with Gasteiger partial charge in [-0.2, -0.15) is 13.2 Å². The summed E-state index contributed by atoms with van der Waals surface area (Å²) in [6.45, 7) is 3.36. The number of aromatic nitrogens is 2. The zero-order valence-corrected chi connectivity index (χ0v) is 16.1. The molecule has 0 atom stereocenters. The van der Waals surface area contributed by atoms with Crippen molar-refractivity contribution in [1.82, 2.24) is 9.55 Å². The number of aliphatic imine (C=N–C) groups is 1. The highest BCUT2D eigenvalue weighted by molar-refractivity contribution is 6.03. The molecule has 0 spiro atoms. The molecule has 0 aliphatic carbocycles. The van der Waals surface area contributed by atoms with Gasteiger partial charge in [0.1, 0.15) is 5.56 Å². The molecule has 9 heteroatoms. The number of halogens is 3. The second-order valence-corrected chi connectivity index (χ2v) is 6.54. The maximum atomic E-state index is 13.0. The summed E-state index contributed by atoms with van der Waals surface area (Å²) < 4.78 is 39.9. The van der Waals surface area contributed by atoms with E-state index in [1.807, 2.05) is 0 Å². The lowest BCUT2D eigenvalue weighted by atomic mass is 10.1. The predicted octanol–water partition coefficient (Wildman–Crippen LogP) is 4.09. The maximum absolute atomic E-state index is 13.0. The molecule has 30 heavy (non-hydrogen) atoms. The van der Waals surface area contributed by atoms with E-state index >= 15 is 0 Å². The lowest BCUT2D eigenvalue weighted by Crippen LogP contribution is -2.33. The van der Waals surface area contributed by atoms with Crippen LogP contribution in [-0.2, 0) is 6.18 Å². The van der Waals surface area contributed by atoms with Crippen LogP contribution < -0.4 is 11.2 Å². The van der Waals surface area contributed by atoms with Crippen molar-refractivity contribution in [3.05, 3.63) is 86.1 Å². The smallest absolute Gasteiger partial charge is 0.416 e. The minimum Gasteiger partial charge on any atom is -0.493 e. The highest BCUT2D eigenvalue weighted by Gasteiger charge is 2.30. The van der Waals surface area contributed by atoms with E-state index in [0.717, 1.165) is 16.7 Å². The molecular formula is C21H18F3N3O3. The van der Waals surface area contributed by atoms with Gasteiger partial charge < -0.3 is 5.11 Å². The van der Waals surface area contributed by atoms with E-state index in [9.17, 15) is 27.9 Å². The summed E-state index contributed by atoms with van der Waals surface area (Å²) in [7, 11) is 0. The van der Waals surface area contributed by atoms with Gasteiger partial charge in [0.15, 0.2) is 0 Å². The van der Waals surface area contributed by atoms with Crippen molar-refractivity contribution < 1.29 is 18.3 Å². The molecule has 0 fully saturated rings. The number of H-pyrrole nitrogens is 1. The maximum Gasteiger partial charge on any atom is 0.416 e. The Labute approximate surface area is 169 Å². The minimum absolute atomic E-state index is 0.0332. The van der Waals surface area contributed by atoms with E-state index < -0.39 is 28.9 Å². The number of aromatic hydroxyl groups is 1. The molecule has 1 aromatic heterocycles. The first kappa shape index (κ1) is 21.1. The summed E-state index contributed by atoms with van der Waals surface area (Å²) in [5.74, 6) is -0.634. The molecule has 0 saturated heterocycles. The topological polar surface area (TPSA) is 87.4 Å². The molecule has 0 radical (unpaired) electrons. The number of para-hydroxylation sites is 1. The largest absolute Gasteiger partial charge is 0.493 e. The average Bonchev–Trinajstić information content (AvgIpc) is 2.68. The first-order chi connectivity index (χ1) is 14.1. The summed E-state index contributed by atoms with van der Waals surface area (Å²) in [6, 6.07) is 11.0. The molecule has 0 saturated carbocycles. The molecule has 1 heterocycles. The Hall–Kier alpha value is -3.62. The van der Waals surface area contributed by atoms with Crippen molar-refractivity contribution >= 4 is 11.4 Å². The van der Waals surface area contributed by atoms with Gasteiger partial charge in [-0.25, -0.2) is 9.36 Å². The first-order valence-electron chi connectivity index (χ1n) is 9.03. The van der Waals surface area contributed by atoms with Crippen molar-refractivity contribution in [1.29, 1.82) is 0 Å². The SMILES string of the molecule is CCC(=Nc1cccc(C(F)(F)F)c1)c1c(O)n(-c2ccccc2C)c(=O)[nH]c1=O. The molecule has 2 aromatic carbocycles. The van der Waals surface area contributed by atoms with Gasteiger partial charge in [-0.1, -0.05) is 31.2 Å². The Morgan fingerprint density at radius 3 is 2.47 bits per heavy atom. The van der Waals surface area contributed by atoms with Crippen LogP contribution in [0.15, 0.2) is 63.1 Å². The molecule has 3 rings (SSSR count). The number of hydrogen-bond acceptors (Lipinski definition) is 4. The van der Waals surface area contributed by atoms with E-state index in [0.29, 0.717) is 11.3 Å². The van der Waals surface area contributed by atoms with Gasteiger partial charge in [-0.3, -0.25) is 14.8 Å².